The Labute approximate surface area is 202 Å². The van der Waals surface area contributed by atoms with E-state index in [4.69, 9.17) is 43.4 Å². The molecule has 5 radical (unpaired) electrons. The van der Waals surface area contributed by atoms with E-state index in [9.17, 15) is 23.7 Å². The summed E-state index contributed by atoms with van der Waals surface area (Å²) in [5.74, 6) is -1.56. The maximum absolute atomic E-state index is 12.5. The Kier molecular flexibility index (Phi) is 11.4. The minimum absolute atomic E-state index is 0.0201. The van der Waals surface area contributed by atoms with Gasteiger partial charge in [0.15, 0.2) is 6.10 Å². The highest BCUT2D eigenvalue weighted by Gasteiger charge is 2.44. The molecule has 0 bridgehead atoms. The predicted molar refractivity (Wildman–Crippen MR) is 117 cm³/mol. The lowest BCUT2D eigenvalue weighted by Gasteiger charge is -2.31. The molecule has 0 N–H and O–H groups in total. The molecule has 189 valence electrons. The molecule has 2 aliphatic rings. The van der Waals surface area contributed by atoms with Gasteiger partial charge in [0.25, 0.3) is 7.82 Å². The maximum atomic E-state index is 12.5. The van der Waals surface area contributed by atoms with Crippen LogP contribution in [0.1, 0.15) is 40.5 Å². The Balaban J connectivity index is 2.01. The monoisotopic (exact) mass is 519 g/mol. The predicted octanol–water partition coefficient (Wildman–Crippen LogP) is -0.479. The van der Waals surface area contributed by atoms with Gasteiger partial charge >= 0.3 is 13.8 Å². The fourth-order valence-corrected chi connectivity index (χ4v) is 5.18. The van der Waals surface area contributed by atoms with Gasteiger partial charge in [0.1, 0.15) is 20.1 Å². The zero-order valence-electron chi connectivity index (χ0n) is 19.5. The van der Waals surface area contributed by atoms with E-state index in [-0.39, 0.29) is 38.1 Å². The summed E-state index contributed by atoms with van der Waals surface area (Å²) in [5, 5.41) is 0. The number of rotatable bonds is 13. The van der Waals surface area contributed by atoms with Crippen molar-refractivity contribution in [1.29, 1.82) is 0 Å². The molecule has 2 heterocycles. The molecule has 17 heteroatoms. The van der Waals surface area contributed by atoms with Crippen LogP contribution in [0.5, 0.6) is 0 Å². The second-order valence-electron chi connectivity index (χ2n) is 8.64. The Morgan fingerprint density at radius 3 is 2.32 bits per heavy atom. The van der Waals surface area contributed by atoms with E-state index < -0.39 is 58.0 Å². The molecule has 0 aromatic rings. The second kappa shape index (κ2) is 12.9. The van der Waals surface area contributed by atoms with Crippen LogP contribution in [0.4, 0.5) is 0 Å². The largest absolute Gasteiger partial charge is 0.756 e. The number of hydrogen-bond donors (Lipinski definition) is 0. The molecular weight excluding hydrogens is 491 g/mol. The topological polar surface area (TPSA) is 162 Å². The van der Waals surface area contributed by atoms with Gasteiger partial charge in [-0.3, -0.25) is 9.13 Å². The van der Waals surface area contributed by atoms with E-state index in [1.165, 1.54) is 7.17 Å². The first-order valence-corrected chi connectivity index (χ1v) is 13.7. The van der Waals surface area contributed by atoms with E-state index in [1.54, 1.807) is 27.7 Å². The van der Waals surface area contributed by atoms with Crippen LogP contribution in [0.2, 0.25) is 0 Å². The molecule has 0 aliphatic carbocycles. The lowest BCUT2D eigenvalue weighted by Crippen LogP contribution is -2.36. The van der Waals surface area contributed by atoms with Gasteiger partial charge in [-0.2, -0.15) is 0 Å². The van der Waals surface area contributed by atoms with Crippen molar-refractivity contribution in [1.82, 2.24) is 0 Å². The lowest BCUT2D eigenvalue weighted by molar-refractivity contribution is -0.234. The van der Waals surface area contributed by atoms with Crippen molar-refractivity contribution in [2.75, 3.05) is 13.2 Å². The molecule has 2 fully saturated rings. The molecular formula is C17H28B3O12P2-2. The molecule has 34 heavy (non-hydrogen) atoms. The molecule has 0 spiro atoms. The second-order valence-corrected chi connectivity index (χ2v) is 11.3. The first kappa shape index (κ1) is 30.0. The normalized spacial score (nSPS) is 33.1. The SMILES string of the molecule is [B][B][C@H]1C[C@@H](OP(=O)([O-])OC(=O)[C@H]2O[C@@H]([B])C[C@H]2OP(=O)([O-])OCC(C)C)[C@@H](COC(C)C)O1. The summed E-state index contributed by atoms with van der Waals surface area (Å²) in [7, 11) is 2.28. The van der Waals surface area contributed by atoms with Crippen molar-refractivity contribution in [2.24, 2.45) is 5.92 Å². The molecule has 2 saturated heterocycles. The van der Waals surface area contributed by atoms with Crippen molar-refractivity contribution in [3.63, 3.8) is 0 Å². The van der Waals surface area contributed by atoms with Crippen LogP contribution in [0, 0.1) is 5.92 Å². The maximum Gasteiger partial charge on any atom is 0.343 e. The number of carbonyl (C=O) groups is 1. The van der Waals surface area contributed by atoms with Crippen molar-refractivity contribution in [3.05, 3.63) is 0 Å². The van der Waals surface area contributed by atoms with E-state index >= 15 is 0 Å². The van der Waals surface area contributed by atoms with Gasteiger partial charge in [0.2, 0.25) is 0 Å². The summed E-state index contributed by atoms with van der Waals surface area (Å²) in [6.07, 6.45) is -5.30. The zero-order chi connectivity index (χ0) is 25.7. The standard InChI is InChI=1S/C17H30B3O12P2/c1-9(2)7-27-33(22,23)31-12-5-14(18)29-16(12)17(21)32-34(24,25)30-11-6-15(20-19)28-13(11)8-26-10(3)4/h9-16H,5-8H2,1-4H3,(H,22,23)(H,24,25)/p-2/t11-,12-,13-,14-,15-,16+/m1/s1. The first-order chi connectivity index (χ1) is 15.7. The molecule has 0 amide bonds. The molecule has 0 saturated carbocycles. The smallest absolute Gasteiger partial charge is 0.343 e. The summed E-state index contributed by atoms with van der Waals surface area (Å²) < 4.78 is 59.8. The quantitative estimate of drug-likeness (QED) is 0.228. The van der Waals surface area contributed by atoms with E-state index in [0.29, 0.717) is 0 Å². The number of phosphoric acid groups is 2. The third-order valence-corrected chi connectivity index (χ3v) is 6.62. The molecule has 8 atom stereocenters. The summed E-state index contributed by atoms with van der Waals surface area (Å²) in [4.78, 5) is 37.0. The summed E-state index contributed by atoms with van der Waals surface area (Å²) in [6.45, 7) is 6.90. The Bertz CT molecular complexity index is 772. The van der Waals surface area contributed by atoms with Crippen molar-refractivity contribution in [3.8, 4) is 0 Å². The lowest BCUT2D eigenvalue weighted by atomic mass is 9.51. The van der Waals surface area contributed by atoms with E-state index in [0.717, 1.165) is 0 Å². The van der Waals surface area contributed by atoms with Gasteiger partial charge < -0.3 is 42.1 Å². The minimum Gasteiger partial charge on any atom is -0.756 e. The van der Waals surface area contributed by atoms with Crippen LogP contribution in [-0.2, 0) is 46.2 Å². The zero-order valence-corrected chi connectivity index (χ0v) is 21.3. The van der Waals surface area contributed by atoms with Crippen LogP contribution in [0.25, 0.3) is 0 Å². The van der Waals surface area contributed by atoms with Crippen LogP contribution in [0.15, 0.2) is 0 Å². The van der Waals surface area contributed by atoms with E-state index in [2.05, 4.69) is 4.52 Å². The average molecular weight is 519 g/mol. The Morgan fingerprint density at radius 2 is 1.74 bits per heavy atom. The number of hydrogen-bond acceptors (Lipinski definition) is 12. The summed E-state index contributed by atoms with van der Waals surface area (Å²) in [5.41, 5.74) is 0. The number of phosphoric ester groups is 2. The Hall–Kier alpha value is -0.195. The molecule has 2 unspecified atom stereocenters. The number of ether oxygens (including phenoxy) is 3. The van der Waals surface area contributed by atoms with Gasteiger partial charge in [-0.1, -0.05) is 13.8 Å². The van der Waals surface area contributed by atoms with E-state index in [1.807, 2.05) is 0 Å². The minimum atomic E-state index is -5.24. The summed E-state index contributed by atoms with van der Waals surface area (Å²) >= 11 is 0. The first-order valence-electron chi connectivity index (χ1n) is 10.8. The van der Waals surface area contributed by atoms with Gasteiger partial charge in [-0.05, 0) is 32.6 Å². The van der Waals surface area contributed by atoms with Crippen LogP contribution < -0.4 is 9.79 Å². The van der Waals surface area contributed by atoms with Crippen molar-refractivity contribution < 1.29 is 56.0 Å². The van der Waals surface area contributed by atoms with Crippen molar-refractivity contribution >= 4 is 44.4 Å². The van der Waals surface area contributed by atoms with Gasteiger partial charge in [0.05, 0.1) is 32.6 Å². The fraction of sp³-hybridized carbons (Fsp3) is 0.941. The van der Waals surface area contributed by atoms with Gasteiger partial charge in [0, 0.05) is 19.7 Å². The molecule has 2 rings (SSSR count). The molecule has 12 nitrogen and oxygen atoms in total. The molecule has 0 aromatic heterocycles. The van der Waals surface area contributed by atoms with Crippen molar-refractivity contribution in [2.45, 2.75) is 83.1 Å². The van der Waals surface area contributed by atoms with Gasteiger partial charge in [-0.25, -0.2) is 4.79 Å². The number of carbonyl (C=O) groups excluding carboxylic acids is 1. The third-order valence-electron chi connectivity index (χ3n) is 4.69. The van der Waals surface area contributed by atoms with Crippen LogP contribution in [0.3, 0.4) is 0 Å². The fourth-order valence-electron chi connectivity index (χ4n) is 3.19. The highest BCUT2D eigenvalue weighted by atomic mass is 31.2. The highest BCUT2D eigenvalue weighted by molar-refractivity contribution is 7.46. The highest BCUT2D eigenvalue weighted by Crippen LogP contribution is 2.47. The van der Waals surface area contributed by atoms with Crippen LogP contribution in [-0.4, -0.2) is 84.5 Å². The van der Waals surface area contributed by atoms with Gasteiger partial charge in [-0.15, -0.1) is 0 Å². The average Bonchev–Trinajstić information content (AvgIpc) is 3.26. The molecule has 0 aromatic carbocycles. The Morgan fingerprint density at radius 1 is 1.09 bits per heavy atom. The summed E-state index contributed by atoms with van der Waals surface area (Å²) in [6, 6.07) is -1.69. The van der Waals surface area contributed by atoms with Crippen LogP contribution >= 0.6 is 15.6 Å². The third kappa shape index (κ3) is 9.69. The molecule has 2 aliphatic heterocycles.